The lowest BCUT2D eigenvalue weighted by atomic mass is 10.2. The first-order chi connectivity index (χ1) is 6.24. The van der Waals surface area contributed by atoms with Crippen molar-refractivity contribution in [2.75, 3.05) is 5.43 Å². The molecule has 1 aromatic carbocycles. The third-order valence-corrected chi connectivity index (χ3v) is 1.30. The number of anilines is 1. The predicted molar refractivity (Wildman–Crippen MR) is 56.8 cm³/mol. The van der Waals surface area contributed by atoms with Crippen LogP contribution in [0.4, 0.5) is 5.69 Å². The number of halogens is 1. The van der Waals surface area contributed by atoms with Crippen LogP contribution in [-0.2, 0) is 0 Å². The molecule has 7 heteroatoms. The van der Waals surface area contributed by atoms with E-state index in [2.05, 4.69) is 17.1 Å². The number of aromatic carboxylic acids is 1. The maximum atomic E-state index is 10.3. The van der Waals surface area contributed by atoms with Crippen LogP contribution in [0.1, 0.15) is 10.4 Å². The van der Waals surface area contributed by atoms with Gasteiger partial charge in [-0.2, -0.15) is 0 Å². The monoisotopic (exact) mass is 220 g/mol. The van der Waals surface area contributed by atoms with E-state index in [0.29, 0.717) is 5.69 Å². The van der Waals surface area contributed by atoms with E-state index in [-0.39, 0.29) is 18.0 Å². The smallest absolute Gasteiger partial charge is 0.335 e. The molecular weight excluding hydrogens is 208 g/mol. The summed E-state index contributed by atoms with van der Waals surface area (Å²) in [6.07, 6.45) is 0. The fourth-order valence-corrected chi connectivity index (χ4v) is 0.709. The summed E-state index contributed by atoms with van der Waals surface area (Å²) in [5.41, 5.74) is 3.34. The minimum Gasteiger partial charge on any atom is -0.478 e. The van der Waals surface area contributed by atoms with Crippen LogP contribution in [0.5, 0.6) is 0 Å². The summed E-state index contributed by atoms with van der Waals surface area (Å²) in [6, 6.07) is 6.17. The van der Waals surface area contributed by atoms with E-state index in [4.69, 9.17) is 10.9 Å². The molecule has 0 saturated carbocycles. The van der Waals surface area contributed by atoms with Gasteiger partial charge in [-0.1, -0.05) is 0 Å². The van der Waals surface area contributed by atoms with Crippen molar-refractivity contribution in [1.82, 2.24) is 0 Å². The standard InChI is InChI=1S/C7H8N2O2.ClH.H4N2/c8-9-6-3-1-5(2-4-6)7(10)11;;1-2/h1-4,9H,8H2,(H,10,11);1H;1-2H2. The summed E-state index contributed by atoms with van der Waals surface area (Å²) in [6.45, 7) is 0. The summed E-state index contributed by atoms with van der Waals surface area (Å²) >= 11 is 0. The number of nitrogen functional groups attached to an aromatic ring is 1. The van der Waals surface area contributed by atoms with Crippen LogP contribution in [0.3, 0.4) is 0 Å². The van der Waals surface area contributed by atoms with Gasteiger partial charge in [-0.15, -0.1) is 12.4 Å². The van der Waals surface area contributed by atoms with Gasteiger partial charge in [0.15, 0.2) is 0 Å². The Labute approximate surface area is 87.4 Å². The molecule has 1 aromatic rings. The van der Waals surface area contributed by atoms with Gasteiger partial charge in [0, 0.05) is 5.69 Å². The molecule has 0 fully saturated rings. The molecule has 0 heterocycles. The molecule has 8 N–H and O–H groups in total. The molecule has 0 aromatic heterocycles. The zero-order valence-electron chi connectivity index (χ0n) is 7.31. The summed E-state index contributed by atoms with van der Waals surface area (Å²) in [4.78, 5) is 10.3. The zero-order chi connectivity index (χ0) is 10.3. The molecular formula is C7H13ClN4O2. The lowest BCUT2D eigenvalue weighted by Gasteiger charge is -1.98. The van der Waals surface area contributed by atoms with Crippen LogP contribution in [0.2, 0.25) is 0 Å². The van der Waals surface area contributed by atoms with Crippen molar-refractivity contribution in [3.8, 4) is 0 Å². The number of carboxylic acids is 1. The van der Waals surface area contributed by atoms with Gasteiger partial charge in [0.1, 0.15) is 0 Å². The number of hydrogen-bond acceptors (Lipinski definition) is 5. The third-order valence-electron chi connectivity index (χ3n) is 1.30. The maximum Gasteiger partial charge on any atom is 0.335 e. The first-order valence-corrected chi connectivity index (χ1v) is 3.37. The molecule has 0 amide bonds. The van der Waals surface area contributed by atoms with Crippen molar-refractivity contribution in [2.45, 2.75) is 0 Å². The second-order valence-electron chi connectivity index (χ2n) is 2.03. The summed E-state index contributed by atoms with van der Waals surface area (Å²) in [5, 5.41) is 8.50. The Bertz CT molecular complexity index is 265. The first kappa shape index (κ1) is 15.1. The van der Waals surface area contributed by atoms with Crippen molar-refractivity contribution >= 4 is 24.1 Å². The largest absolute Gasteiger partial charge is 0.478 e. The van der Waals surface area contributed by atoms with Crippen LogP contribution in [0.25, 0.3) is 0 Å². The molecule has 0 radical (unpaired) electrons. The van der Waals surface area contributed by atoms with E-state index in [9.17, 15) is 4.79 Å². The van der Waals surface area contributed by atoms with E-state index in [0.717, 1.165) is 0 Å². The highest BCUT2D eigenvalue weighted by Crippen LogP contribution is 2.07. The highest BCUT2D eigenvalue weighted by molar-refractivity contribution is 5.87. The van der Waals surface area contributed by atoms with Gasteiger partial charge < -0.3 is 10.5 Å². The number of hydrazine groups is 2. The highest BCUT2D eigenvalue weighted by atomic mass is 35.5. The number of carbonyl (C=O) groups is 1. The number of benzene rings is 1. The molecule has 0 spiro atoms. The number of rotatable bonds is 2. The van der Waals surface area contributed by atoms with Crippen molar-refractivity contribution in [3.05, 3.63) is 29.8 Å². The molecule has 1 rings (SSSR count). The third kappa shape index (κ3) is 4.63. The summed E-state index contributed by atoms with van der Waals surface area (Å²) in [5.74, 6) is 12.1. The van der Waals surface area contributed by atoms with E-state index < -0.39 is 5.97 Å². The fraction of sp³-hybridized carbons (Fsp3) is 0. The number of carboxylic acid groups (broad SMARTS) is 1. The number of nitrogens with two attached hydrogens (primary N) is 3. The Morgan fingerprint density at radius 1 is 1.21 bits per heavy atom. The van der Waals surface area contributed by atoms with Gasteiger partial charge in [0.25, 0.3) is 0 Å². The van der Waals surface area contributed by atoms with Gasteiger partial charge in [0.05, 0.1) is 5.56 Å². The second kappa shape index (κ2) is 8.27. The molecule has 0 aliphatic rings. The van der Waals surface area contributed by atoms with E-state index in [1.54, 1.807) is 12.1 Å². The minimum atomic E-state index is -0.937. The molecule has 14 heavy (non-hydrogen) atoms. The van der Waals surface area contributed by atoms with Crippen molar-refractivity contribution < 1.29 is 9.90 Å². The van der Waals surface area contributed by atoms with Crippen molar-refractivity contribution in [2.24, 2.45) is 17.5 Å². The van der Waals surface area contributed by atoms with Crippen molar-refractivity contribution in [3.63, 3.8) is 0 Å². The molecule has 0 saturated heterocycles. The van der Waals surface area contributed by atoms with Gasteiger partial charge in [-0.3, -0.25) is 17.5 Å². The normalized spacial score (nSPS) is 7.64. The van der Waals surface area contributed by atoms with E-state index >= 15 is 0 Å². The van der Waals surface area contributed by atoms with Gasteiger partial charge in [-0.05, 0) is 24.3 Å². The molecule has 80 valence electrons. The molecule has 0 aliphatic heterocycles. The molecule has 0 atom stereocenters. The average Bonchev–Trinajstić information content (AvgIpc) is 2.21. The van der Waals surface area contributed by atoms with Crippen LogP contribution < -0.4 is 23.0 Å². The Kier molecular flexibility index (Phi) is 8.94. The number of nitrogens with one attached hydrogen (secondary N) is 1. The Morgan fingerprint density at radius 3 is 1.93 bits per heavy atom. The molecule has 6 nitrogen and oxygen atoms in total. The Balaban J connectivity index is 0. The van der Waals surface area contributed by atoms with Gasteiger partial charge in [-0.25, -0.2) is 4.79 Å². The molecule has 0 unspecified atom stereocenters. The topological polar surface area (TPSA) is 127 Å². The Hall–Kier alpha value is -1.34. The van der Waals surface area contributed by atoms with E-state index in [1.807, 2.05) is 0 Å². The zero-order valence-corrected chi connectivity index (χ0v) is 8.12. The number of hydrogen-bond donors (Lipinski definition) is 5. The van der Waals surface area contributed by atoms with Crippen LogP contribution >= 0.6 is 12.4 Å². The summed E-state index contributed by atoms with van der Waals surface area (Å²) < 4.78 is 0. The Morgan fingerprint density at radius 2 is 1.64 bits per heavy atom. The first-order valence-electron chi connectivity index (χ1n) is 3.37. The lowest BCUT2D eigenvalue weighted by Crippen LogP contribution is -2.06. The lowest BCUT2D eigenvalue weighted by molar-refractivity contribution is 0.0697. The van der Waals surface area contributed by atoms with Gasteiger partial charge >= 0.3 is 5.97 Å². The van der Waals surface area contributed by atoms with Crippen LogP contribution in [0.15, 0.2) is 24.3 Å². The van der Waals surface area contributed by atoms with Crippen LogP contribution in [-0.4, -0.2) is 11.1 Å². The average molecular weight is 221 g/mol. The molecule has 0 bridgehead atoms. The van der Waals surface area contributed by atoms with Crippen molar-refractivity contribution in [1.29, 1.82) is 0 Å². The fourth-order valence-electron chi connectivity index (χ4n) is 0.709. The summed E-state index contributed by atoms with van der Waals surface area (Å²) in [7, 11) is 0. The molecule has 0 aliphatic carbocycles. The highest BCUT2D eigenvalue weighted by Gasteiger charge is 1.99. The predicted octanol–water partition coefficient (Wildman–Crippen LogP) is -0.0890. The maximum absolute atomic E-state index is 10.3. The minimum absolute atomic E-state index is 0. The van der Waals surface area contributed by atoms with Crippen LogP contribution in [0, 0.1) is 0 Å². The van der Waals surface area contributed by atoms with Gasteiger partial charge in [0.2, 0.25) is 0 Å². The quantitative estimate of drug-likeness (QED) is 0.350. The second-order valence-corrected chi connectivity index (χ2v) is 2.03. The SMILES string of the molecule is Cl.NN.NNc1ccc(C(=O)O)cc1. The van der Waals surface area contributed by atoms with E-state index in [1.165, 1.54) is 12.1 Å².